The number of thiazole rings is 1. The largest absolute Gasteiger partial charge is 0.298 e. The molecule has 25 heavy (non-hydrogen) atoms. The van der Waals surface area contributed by atoms with E-state index in [9.17, 15) is 4.79 Å². The second-order valence-corrected chi connectivity index (χ2v) is 7.04. The molecule has 0 spiro atoms. The molecule has 0 aliphatic carbocycles. The summed E-state index contributed by atoms with van der Waals surface area (Å²) in [5, 5.41) is 6.17. The number of pyridine rings is 2. The van der Waals surface area contributed by atoms with E-state index in [2.05, 4.69) is 36.2 Å². The van der Waals surface area contributed by atoms with Crippen LogP contribution in [0.3, 0.4) is 0 Å². The second-order valence-electron chi connectivity index (χ2n) is 5.26. The van der Waals surface area contributed by atoms with Crippen molar-refractivity contribution in [1.82, 2.24) is 15.0 Å². The van der Waals surface area contributed by atoms with E-state index in [-0.39, 0.29) is 5.91 Å². The molecule has 3 aromatic heterocycles. The summed E-state index contributed by atoms with van der Waals surface area (Å²) in [5.41, 5.74) is 2.92. The third-order valence-corrected chi connectivity index (χ3v) is 4.81. The maximum Gasteiger partial charge on any atom is 0.257 e. The highest BCUT2D eigenvalue weighted by Crippen LogP contribution is 2.25. The number of nitrogens with one attached hydrogen (secondary N) is 1. The van der Waals surface area contributed by atoms with E-state index in [1.807, 2.05) is 41.8 Å². The van der Waals surface area contributed by atoms with Gasteiger partial charge in [0.05, 0.1) is 11.2 Å². The summed E-state index contributed by atoms with van der Waals surface area (Å²) in [6.45, 7) is 0. The maximum absolute atomic E-state index is 12.5. The van der Waals surface area contributed by atoms with Gasteiger partial charge in [0.2, 0.25) is 0 Å². The van der Waals surface area contributed by atoms with E-state index in [0.29, 0.717) is 10.7 Å². The predicted octanol–water partition coefficient (Wildman–Crippen LogP) is 4.77. The number of benzene rings is 1. The molecule has 0 radical (unpaired) electrons. The molecule has 0 aliphatic heterocycles. The minimum absolute atomic E-state index is 0.199. The topological polar surface area (TPSA) is 67.8 Å². The van der Waals surface area contributed by atoms with Gasteiger partial charge in [0.1, 0.15) is 5.69 Å². The summed E-state index contributed by atoms with van der Waals surface area (Å²) in [6, 6.07) is 13.0. The van der Waals surface area contributed by atoms with Crippen molar-refractivity contribution in [3.8, 4) is 11.4 Å². The molecule has 1 aromatic carbocycles. The van der Waals surface area contributed by atoms with Crippen molar-refractivity contribution in [1.29, 1.82) is 0 Å². The van der Waals surface area contributed by atoms with Crippen LogP contribution in [0, 0.1) is 0 Å². The highest BCUT2D eigenvalue weighted by molar-refractivity contribution is 9.10. The van der Waals surface area contributed by atoms with Crippen molar-refractivity contribution in [2.75, 3.05) is 5.32 Å². The molecule has 0 unspecified atom stereocenters. The van der Waals surface area contributed by atoms with Crippen molar-refractivity contribution in [2.45, 2.75) is 0 Å². The first-order chi connectivity index (χ1) is 12.2. The highest BCUT2D eigenvalue weighted by atomic mass is 79.9. The fraction of sp³-hybridized carbons (Fsp3) is 0. The van der Waals surface area contributed by atoms with Crippen LogP contribution in [0.25, 0.3) is 22.3 Å². The number of nitrogens with zero attached hydrogens (tertiary/aromatic N) is 3. The van der Waals surface area contributed by atoms with Gasteiger partial charge in [-0.25, -0.2) is 4.98 Å². The summed E-state index contributed by atoms with van der Waals surface area (Å²) in [7, 11) is 0. The Morgan fingerprint density at radius 1 is 1.08 bits per heavy atom. The van der Waals surface area contributed by atoms with Crippen LogP contribution >= 0.6 is 27.3 Å². The lowest BCUT2D eigenvalue weighted by Crippen LogP contribution is -2.11. The molecule has 0 atom stereocenters. The maximum atomic E-state index is 12.5. The van der Waals surface area contributed by atoms with E-state index >= 15 is 0 Å². The van der Waals surface area contributed by atoms with Crippen LogP contribution in [-0.4, -0.2) is 20.9 Å². The average molecular weight is 411 g/mol. The first kappa shape index (κ1) is 15.9. The first-order valence-corrected chi connectivity index (χ1v) is 9.10. The number of anilines is 1. The molecule has 0 aliphatic rings. The smallest absolute Gasteiger partial charge is 0.257 e. The number of hydrogen-bond acceptors (Lipinski definition) is 5. The van der Waals surface area contributed by atoms with Crippen molar-refractivity contribution in [2.24, 2.45) is 0 Å². The molecular weight excluding hydrogens is 400 g/mol. The van der Waals surface area contributed by atoms with Gasteiger partial charge in [-0.1, -0.05) is 6.07 Å². The zero-order valence-electron chi connectivity index (χ0n) is 12.8. The van der Waals surface area contributed by atoms with Crippen LogP contribution in [0.1, 0.15) is 10.4 Å². The summed E-state index contributed by atoms with van der Waals surface area (Å²) in [6.07, 6.45) is 3.45. The van der Waals surface area contributed by atoms with E-state index in [1.165, 1.54) is 11.3 Å². The van der Waals surface area contributed by atoms with Crippen LogP contribution in [0.2, 0.25) is 0 Å². The average Bonchev–Trinajstić information content (AvgIpc) is 3.10. The van der Waals surface area contributed by atoms with Gasteiger partial charge < -0.3 is 0 Å². The van der Waals surface area contributed by atoms with Gasteiger partial charge in [0, 0.05) is 33.2 Å². The molecule has 1 N–H and O–H groups in total. The quantitative estimate of drug-likeness (QED) is 0.528. The van der Waals surface area contributed by atoms with Crippen LogP contribution in [0.5, 0.6) is 0 Å². The Bertz CT molecular complexity index is 1060. The molecule has 4 aromatic rings. The lowest BCUT2D eigenvalue weighted by molar-refractivity contribution is 0.102. The normalized spacial score (nSPS) is 10.8. The molecule has 0 bridgehead atoms. The van der Waals surface area contributed by atoms with Gasteiger partial charge >= 0.3 is 0 Å². The Morgan fingerprint density at radius 2 is 2.00 bits per heavy atom. The van der Waals surface area contributed by atoms with Crippen LogP contribution in [0.15, 0.2) is 64.7 Å². The zero-order chi connectivity index (χ0) is 17.2. The summed E-state index contributed by atoms with van der Waals surface area (Å²) in [4.78, 5) is 25.5. The van der Waals surface area contributed by atoms with Crippen molar-refractivity contribution < 1.29 is 4.79 Å². The second kappa shape index (κ2) is 6.70. The fourth-order valence-corrected chi connectivity index (χ4v) is 3.30. The molecule has 0 fully saturated rings. The molecule has 1 amide bonds. The van der Waals surface area contributed by atoms with Crippen molar-refractivity contribution in [3.63, 3.8) is 0 Å². The van der Waals surface area contributed by atoms with Crippen LogP contribution < -0.4 is 5.32 Å². The van der Waals surface area contributed by atoms with Gasteiger partial charge in [0.25, 0.3) is 5.91 Å². The molecule has 0 saturated carbocycles. The first-order valence-electron chi connectivity index (χ1n) is 7.43. The predicted molar refractivity (Wildman–Crippen MR) is 103 cm³/mol. The van der Waals surface area contributed by atoms with E-state index < -0.39 is 0 Å². The lowest BCUT2D eigenvalue weighted by atomic mass is 10.1. The van der Waals surface area contributed by atoms with E-state index in [1.54, 1.807) is 18.5 Å². The summed E-state index contributed by atoms with van der Waals surface area (Å²) >= 11 is 4.73. The number of carbonyl (C=O) groups excluding carboxylic acids is 1. The Kier molecular flexibility index (Phi) is 4.25. The number of halogens is 1. The third-order valence-electron chi connectivity index (χ3n) is 3.58. The SMILES string of the molecule is O=C(Nc1nc(-c2ccc(Br)cn2)cs1)c1ccc2ncccc2c1. The molecule has 4 rings (SSSR count). The molecule has 7 heteroatoms. The minimum atomic E-state index is -0.199. The zero-order valence-corrected chi connectivity index (χ0v) is 15.2. The third kappa shape index (κ3) is 3.42. The number of fused-ring (bicyclic) bond motifs is 1. The Balaban J connectivity index is 1.55. The van der Waals surface area contributed by atoms with E-state index in [0.717, 1.165) is 26.8 Å². The van der Waals surface area contributed by atoms with Crippen molar-refractivity contribution in [3.05, 3.63) is 70.3 Å². The minimum Gasteiger partial charge on any atom is -0.298 e. The van der Waals surface area contributed by atoms with Gasteiger partial charge in [-0.05, 0) is 52.3 Å². The van der Waals surface area contributed by atoms with Gasteiger partial charge in [-0.15, -0.1) is 11.3 Å². The fourth-order valence-electron chi connectivity index (χ4n) is 2.36. The number of carbonyl (C=O) groups is 1. The standard InChI is InChI=1S/C18H11BrN4OS/c19-13-4-6-15(21-9-13)16-10-25-18(22-16)23-17(24)12-3-5-14-11(8-12)2-1-7-20-14/h1-10H,(H,22,23,24). The van der Waals surface area contributed by atoms with Gasteiger partial charge in [-0.3, -0.25) is 20.1 Å². The monoisotopic (exact) mass is 410 g/mol. The molecular formula is C18H11BrN4OS. The Labute approximate surface area is 155 Å². The van der Waals surface area contributed by atoms with Crippen LogP contribution in [-0.2, 0) is 0 Å². The number of aromatic nitrogens is 3. The molecule has 0 saturated heterocycles. The van der Waals surface area contributed by atoms with Crippen molar-refractivity contribution >= 4 is 49.2 Å². The Hall–Kier alpha value is -2.64. The van der Waals surface area contributed by atoms with Gasteiger partial charge in [-0.2, -0.15) is 0 Å². The Morgan fingerprint density at radius 3 is 2.84 bits per heavy atom. The lowest BCUT2D eigenvalue weighted by Gasteiger charge is -2.03. The van der Waals surface area contributed by atoms with Gasteiger partial charge in [0.15, 0.2) is 5.13 Å². The number of amides is 1. The number of hydrogen-bond donors (Lipinski definition) is 1. The molecule has 122 valence electrons. The highest BCUT2D eigenvalue weighted by Gasteiger charge is 2.11. The van der Waals surface area contributed by atoms with Crippen LogP contribution in [0.4, 0.5) is 5.13 Å². The van der Waals surface area contributed by atoms with E-state index in [4.69, 9.17) is 0 Å². The molecule has 3 heterocycles. The summed E-state index contributed by atoms with van der Waals surface area (Å²) < 4.78 is 0.908. The number of rotatable bonds is 3. The summed E-state index contributed by atoms with van der Waals surface area (Å²) in [5.74, 6) is -0.199. The molecule has 5 nitrogen and oxygen atoms in total.